The van der Waals surface area contributed by atoms with Crippen LogP contribution in [0.25, 0.3) is 0 Å². The number of carbonyl (C=O) groups excluding carboxylic acids is 2. The molecule has 4 nitrogen and oxygen atoms in total. The summed E-state index contributed by atoms with van der Waals surface area (Å²) in [5.41, 5.74) is 0. The van der Waals surface area contributed by atoms with Crippen LogP contribution in [0, 0.1) is 5.92 Å². The molecular formula is C23H44O4. The number of unbranched alkanes of at least 4 members (excludes halogenated alkanes) is 12. The predicted octanol–water partition coefficient (Wildman–Crippen LogP) is 6.60. The zero-order valence-electron chi connectivity index (χ0n) is 18.2. The summed E-state index contributed by atoms with van der Waals surface area (Å²) in [5, 5.41) is 0. The summed E-state index contributed by atoms with van der Waals surface area (Å²) in [4.78, 5) is 23.0. The zero-order valence-corrected chi connectivity index (χ0v) is 18.2. The van der Waals surface area contributed by atoms with Crippen LogP contribution >= 0.6 is 0 Å². The molecule has 0 aliphatic heterocycles. The molecule has 0 aromatic heterocycles. The average Bonchev–Trinajstić information content (AvgIpc) is 2.61. The molecular weight excluding hydrogens is 340 g/mol. The topological polar surface area (TPSA) is 52.6 Å². The van der Waals surface area contributed by atoms with Crippen molar-refractivity contribution in [2.75, 3.05) is 13.2 Å². The quantitative estimate of drug-likeness (QED) is 0.143. The second-order valence-corrected chi connectivity index (χ2v) is 8.04. The van der Waals surface area contributed by atoms with E-state index in [2.05, 4.69) is 20.8 Å². The standard InChI is InChI=1S/C23H44O4/c1-4-5-6-7-8-9-10-11-12-13-14-15-16-18-26-22(24)20-23(25)27-19-17-21(2)3/h21H,4-20H2,1-3H3. The molecule has 0 N–H and O–H groups in total. The highest BCUT2D eigenvalue weighted by Crippen LogP contribution is 2.12. The van der Waals surface area contributed by atoms with Crippen molar-refractivity contribution >= 4 is 11.9 Å². The van der Waals surface area contributed by atoms with Crippen LogP contribution in [0.1, 0.15) is 117 Å². The van der Waals surface area contributed by atoms with Crippen molar-refractivity contribution in [3.05, 3.63) is 0 Å². The van der Waals surface area contributed by atoms with Gasteiger partial charge in [0.1, 0.15) is 6.42 Å². The Hall–Kier alpha value is -1.06. The maximum absolute atomic E-state index is 11.5. The molecule has 0 saturated carbocycles. The number of hydrogen-bond acceptors (Lipinski definition) is 4. The lowest BCUT2D eigenvalue weighted by atomic mass is 10.0. The monoisotopic (exact) mass is 384 g/mol. The molecule has 0 aliphatic rings. The van der Waals surface area contributed by atoms with E-state index >= 15 is 0 Å². The molecule has 0 fully saturated rings. The van der Waals surface area contributed by atoms with E-state index in [1.807, 2.05) is 0 Å². The Labute approximate surface area is 167 Å². The largest absolute Gasteiger partial charge is 0.465 e. The molecule has 0 saturated heterocycles. The van der Waals surface area contributed by atoms with Gasteiger partial charge in [-0.05, 0) is 18.8 Å². The molecule has 0 atom stereocenters. The molecule has 0 aromatic rings. The molecule has 0 rings (SSSR count). The van der Waals surface area contributed by atoms with Gasteiger partial charge in [-0.1, -0.05) is 97.8 Å². The van der Waals surface area contributed by atoms with Crippen molar-refractivity contribution < 1.29 is 19.1 Å². The highest BCUT2D eigenvalue weighted by Gasteiger charge is 2.12. The Morgan fingerprint density at radius 1 is 0.630 bits per heavy atom. The first-order valence-electron chi connectivity index (χ1n) is 11.4. The van der Waals surface area contributed by atoms with Crippen molar-refractivity contribution in [1.29, 1.82) is 0 Å². The van der Waals surface area contributed by atoms with Gasteiger partial charge in [0.15, 0.2) is 0 Å². The van der Waals surface area contributed by atoms with Crippen LogP contribution in [0.15, 0.2) is 0 Å². The summed E-state index contributed by atoms with van der Waals surface area (Å²) in [6.07, 6.45) is 17.3. The Morgan fingerprint density at radius 3 is 1.48 bits per heavy atom. The van der Waals surface area contributed by atoms with Gasteiger partial charge in [0.25, 0.3) is 0 Å². The minimum atomic E-state index is -0.481. The van der Waals surface area contributed by atoms with Crippen LogP contribution in [-0.4, -0.2) is 25.2 Å². The van der Waals surface area contributed by atoms with E-state index in [0.29, 0.717) is 19.1 Å². The molecule has 160 valence electrons. The number of esters is 2. The molecule has 0 bridgehead atoms. The second-order valence-electron chi connectivity index (χ2n) is 8.04. The molecule has 27 heavy (non-hydrogen) atoms. The van der Waals surface area contributed by atoms with Crippen LogP contribution < -0.4 is 0 Å². The van der Waals surface area contributed by atoms with Crippen LogP contribution in [0.5, 0.6) is 0 Å². The predicted molar refractivity (Wildman–Crippen MR) is 112 cm³/mol. The number of ether oxygens (including phenoxy) is 2. The van der Waals surface area contributed by atoms with E-state index in [0.717, 1.165) is 19.3 Å². The van der Waals surface area contributed by atoms with E-state index < -0.39 is 11.9 Å². The van der Waals surface area contributed by atoms with Gasteiger partial charge in [0, 0.05) is 0 Å². The first-order chi connectivity index (χ1) is 13.1. The van der Waals surface area contributed by atoms with Gasteiger partial charge < -0.3 is 9.47 Å². The van der Waals surface area contributed by atoms with Crippen LogP contribution in [0.2, 0.25) is 0 Å². The van der Waals surface area contributed by atoms with Gasteiger partial charge in [-0.2, -0.15) is 0 Å². The fourth-order valence-electron chi connectivity index (χ4n) is 2.93. The Balaban J connectivity index is 3.27. The smallest absolute Gasteiger partial charge is 0.317 e. The summed E-state index contributed by atoms with van der Waals surface area (Å²) in [7, 11) is 0. The van der Waals surface area contributed by atoms with Gasteiger partial charge in [0.05, 0.1) is 13.2 Å². The highest BCUT2D eigenvalue weighted by atomic mass is 16.6. The molecule has 0 unspecified atom stereocenters. The lowest BCUT2D eigenvalue weighted by Crippen LogP contribution is -2.15. The van der Waals surface area contributed by atoms with E-state index in [9.17, 15) is 9.59 Å². The third-order valence-corrected chi connectivity index (χ3v) is 4.76. The summed E-state index contributed by atoms with van der Waals surface area (Å²) >= 11 is 0. The van der Waals surface area contributed by atoms with E-state index in [1.165, 1.54) is 70.6 Å². The van der Waals surface area contributed by atoms with Gasteiger partial charge in [-0.25, -0.2) is 0 Å². The lowest BCUT2D eigenvalue weighted by Gasteiger charge is -2.07. The molecule has 0 aliphatic carbocycles. The number of rotatable bonds is 19. The Bertz CT molecular complexity index is 352. The molecule has 4 heteroatoms. The van der Waals surface area contributed by atoms with Crippen molar-refractivity contribution in [3.8, 4) is 0 Å². The third kappa shape index (κ3) is 21.1. The van der Waals surface area contributed by atoms with Gasteiger partial charge >= 0.3 is 11.9 Å². The highest BCUT2D eigenvalue weighted by molar-refractivity contribution is 5.91. The summed E-state index contributed by atoms with van der Waals surface area (Å²) in [6.45, 7) is 7.18. The summed E-state index contributed by atoms with van der Waals surface area (Å²) in [6, 6.07) is 0. The van der Waals surface area contributed by atoms with Crippen molar-refractivity contribution in [1.82, 2.24) is 0 Å². The molecule has 0 radical (unpaired) electrons. The van der Waals surface area contributed by atoms with Crippen LogP contribution in [0.4, 0.5) is 0 Å². The second kappa shape index (κ2) is 19.7. The Morgan fingerprint density at radius 2 is 1.04 bits per heavy atom. The number of carbonyl (C=O) groups is 2. The normalized spacial score (nSPS) is 11.0. The summed E-state index contributed by atoms with van der Waals surface area (Å²) < 4.78 is 10.1. The van der Waals surface area contributed by atoms with Gasteiger partial charge in [-0.15, -0.1) is 0 Å². The van der Waals surface area contributed by atoms with Crippen molar-refractivity contribution in [2.45, 2.75) is 117 Å². The molecule has 0 spiro atoms. The fourth-order valence-corrected chi connectivity index (χ4v) is 2.93. The van der Waals surface area contributed by atoms with Crippen LogP contribution in [0.3, 0.4) is 0 Å². The maximum atomic E-state index is 11.5. The zero-order chi connectivity index (χ0) is 20.2. The third-order valence-electron chi connectivity index (χ3n) is 4.76. The molecule has 0 heterocycles. The van der Waals surface area contributed by atoms with Crippen molar-refractivity contribution in [2.24, 2.45) is 5.92 Å². The SMILES string of the molecule is CCCCCCCCCCCCCCCOC(=O)CC(=O)OCCC(C)C. The Kier molecular flexibility index (Phi) is 18.9. The first kappa shape index (κ1) is 25.9. The lowest BCUT2D eigenvalue weighted by molar-refractivity contribution is -0.154. The summed E-state index contributed by atoms with van der Waals surface area (Å²) in [5.74, 6) is -0.463. The minimum Gasteiger partial charge on any atom is -0.465 e. The van der Waals surface area contributed by atoms with E-state index in [-0.39, 0.29) is 6.42 Å². The van der Waals surface area contributed by atoms with Gasteiger partial charge in [0.2, 0.25) is 0 Å². The molecule has 0 aromatic carbocycles. The molecule has 0 amide bonds. The van der Waals surface area contributed by atoms with Gasteiger partial charge in [-0.3, -0.25) is 9.59 Å². The first-order valence-corrected chi connectivity index (χ1v) is 11.4. The average molecular weight is 385 g/mol. The fraction of sp³-hybridized carbons (Fsp3) is 0.913. The van der Waals surface area contributed by atoms with Crippen LogP contribution in [-0.2, 0) is 19.1 Å². The van der Waals surface area contributed by atoms with Crippen molar-refractivity contribution in [3.63, 3.8) is 0 Å². The number of hydrogen-bond donors (Lipinski definition) is 0. The van der Waals surface area contributed by atoms with E-state index in [1.54, 1.807) is 0 Å². The minimum absolute atomic E-state index is 0.267. The maximum Gasteiger partial charge on any atom is 0.317 e. The van der Waals surface area contributed by atoms with E-state index in [4.69, 9.17) is 9.47 Å².